The van der Waals surface area contributed by atoms with E-state index in [9.17, 15) is 24.0 Å². The van der Waals surface area contributed by atoms with Gasteiger partial charge in [0.05, 0.1) is 53.4 Å². The van der Waals surface area contributed by atoms with Crippen LogP contribution in [0, 0.1) is 23.2 Å². The Morgan fingerprint density at radius 2 is 1.83 bits per heavy atom. The number of piperazine rings is 1. The highest BCUT2D eigenvalue weighted by molar-refractivity contribution is 6.23. The molecule has 4 aliphatic rings. The summed E-state index contributed by atoms with van der Waals surface area (Å²) in [5, 5.41) is 12.5. The molecule has 2 bridgehead atoms. The van der Waals surface area contributed by atoms with Crippen molar-refractivity contribution in [2.24, 2.45) is 11.8 Å². The van der Waals surface area contributed by atoms with E-state index in [4.69, 9.17) is 9.47 Å². The maximum atomic E-state index is 13.6. The van der Waals surface area contributed by atoms with Crippen molar-refractivity contribution in [3.05, 3.63) is 29.3 Å². The molecule has 4 aliphatic heterocycles. The van der Waals surface area contributed by atoms with E-state index in [0.29, 0.717) is 6.54 Å². The Morgan fingerprint density at radius 1 is 1.19 bits per heavy atom. The zero-order valence-electron chi connectivity index (χ0n) is 20.5. The first-order valence-electron chi connectivity index (χ1n) is 12.2. The van der Waals surface area contributed by atoms with E-state index in [1.165, 1.54) is 23.1 Å². The summed E-state index contributed by atoms with van der Waals surface area (Å²) in [6, 6.07) is 6.19. The minimum absolute atomic E-state index is 0.117. The molecule has 192 valence electrons. The van der Waals surface area contributed by atoms with E-state index < -0.39 is 47.6 Å². The molecule has 0 unspecified atom stereocenters. The van der Waals surface area contributed by atoms with Crippen LogP contribution in [-0.2, 0) is 25.7 Å². The van der Waals surface area contributed by atoms with Gasteiger partial charge in [0.1, 0.15) is 13.3 Å². The largest absolute Gasteiger partial charge is 0.448 e. The second-order valence-electron chi connectivity index (χ2n) is 10.3. The smallest absolute Gasteiger partial charge is 0.410 e. The van der Waals surface area contributed by atoms with Crippen LogP contribution in [0.5, 0.6) is 0 Å². The fraction of sp³-hybridized carbons (Fsp3) is 0.600. The van der Waals surface area contributed by atoms with Crippen LogP contribution < -0.4 is 10.2 Å². The van der Waals surface area contributed by atoms with E-state index in [1.807, 2.05) is 6.07 Å². The number of halogens is 1. The van der Waals surface area contributed by atoms with Crippen molar-refractivity contribution in [2.75, 3.05) is 57.3 Å². The van der Waals surface area contributed by atoms with Gasteiger partial charge in [-0.05, 0) is 32.0 Å². The minimum atomic E-state index is -1.08. The number of nitriles is 1. The van der Waals surface area contributed by atoms with Gasteiger partial charge in [0.15, 0.2) is 0 Å². The minimum Gasteiger partial charge on any atom is -0.448 e. The van der Waals surface area contributed by atoms with E-state index >= 15 is 0 Å². The quantitative estimate of drug-likeness (QED) is 0.598. The second-order valence-corrected chi connectivity index (χ2v) is 10.3. The maximum Gasteiger partial charge on any atom is 0.410 e. The van der Waals surface area contributed by atoms with Crippen LogP contribution >= 0.6 is 0 Å². The SMILES string of the molecule is C[C@]12CN(C(=O)OCCN3CCNCC3)C[C@](C)(O1)[C@H]1C(=O)N(c3ccc(C#N)c(CF)c3)C(=O)[C@H]12. The van der Waals surface area contributed by atoms with Crippen molar-refractivity contribution in [3.8, 4) is 6.07 Å². The summed E-state index contributed by atoms with van der Waals surface area (Å²) >= 11 is 0. The summed E-state index contributed by atoms with van der Waals surface area (Å²) in [7, 11) is 0. The number of imide groups is 1. The Balaban J connectivity index is 1.32. The molecule has 1 aromatic carbocycles. The van der Waals surface area contributed by atoms with Crippen LogP contribution in [0.2, 0.25) is 0 Å². The third-order valence-corrected chi connectivity index (χ3v) is 7.81. The molecule has 4 atom stereocenters. The molecule has 4 heterocycles. The molecule has 3 amide bonds. The number of carbonyl (C=O) groups is 3. The fourth-order valence-corrected chi connectivity index (χ4v) is 6.24. The van der Waals surface area contributed by atoms with Crippen molar-refractivity contribution in [1.82, 2.24) is 15.1 Å². The fourth-order valence-electron chi connectivity index (χ4n) is 6.24. The number of amides is 3. The Kier molecular flexibility index (Phi) is 6.22. The Bertz CT molecular complexity index is 1100. The van der Waals surface area contributed by atoms with Crippen LogP contribution in [-0.4, -0.2) is 91.3 Å². The molecule has 4 saturated heterocycles. The summed E-state index contributed by atoms with van der Waals surface area (Å²) in [5.41, 5.74) is -1.64. The van der Waals surface area contributed by atoms with Crippen LogP contribution in [0.25, 0.3) is 0 Å². The highest BCUT2D eigenvalue weighted by Crippen LogP contribution is 2.55. The molecule has 1 N–H and O–H groups in total. The monoisotopic (exact) mass is 499 g/mol. The van der Waals surface area contributed by atoms with Crippen LogP contribution in [0.15, 0.2) is 18.2 Å². The van der Waals surface area contributed by atoms with Crippen LogP contribution in [0.3, 0.4) is 0 Å². The number of morpholine rings is 1. The van der Waals surface area contributed by atoms with Crippen LogP contribution in [0.4, 0.5) is 14.9 Å². The molecule has 4 fully saturated rings. The highest BCUT2D eigenvalue weighted by Gasteiger charge is 2.72. The van der Waals surface area contributed by atoms with Crippen molar-refractivity contribution in [1.29, 1.82) is 5.26 Å². The molecule has 0 aliphatic carbocycles. The number of likely N-dealkylation sites (tertiary alicyclic amines) is 1. The number of nitrogens with one attached hydrogen (secondary N) is 1. The number of hydrogen-bond donors (Lipinski definition) is 1. The molecule has 0 aromatic heterocycles. The van der Waals surface area contributed by atoms with Gasteiger partial charge in [-0.1, -0.05) is 0 Å². The third kappa shape index (κ3) is 3.93. The van der Waals surface area contributed by atoms with E-state index in [0.717, 1.165) is 31.1 Å². The molecule has 1 aromatic rings. The summed E-state index contributed by atoms with van der Waals surface area (Å²) < 4.78 is 25.3. The predicted molar refractivity (Wildman–Crippen MR) is 126 cm³/mol. The number of fused-ring (bicyclic) bond motifs is 5. The molecule has 0 radical (unpaired) electrons. The van der Waals surface area contributed by atoms with E-state index in [-0.39, 0.29) is 36.5 Å². The number of hydrogen-bond acceptors (Lipinski definition) is 8. The number of rotatable bonds is 5. The molecule has 0 spiro atoms. The molecular formula is C25H30FN5O5. The Hall–Kier alpha value is -3.07. The van der Waals surface area contributed by atoms with Crippen molar-refractivity contribution in [3.63, 3.8) is 0 Å². The molecule has 36 heavy (non-hydrogen) atoms. The number of alkyl halides is 1. The Labute approximate surface area is 208 Å². The molecule has 0 saturated carbocycles. The average molecular weight is 500 g/mol. The standard InChI is InChI=1S/C25H30FN5O5/c1-24-14-30(23(34)35-10-9-29-7-5-28-6-8-29)15-25(2,36-24)20-19(24)21(32)31(22(20)33)18-4-3-16(13-27)17(11-18)12-26/h3-4,11,19-20,28H,5-10,12,14-15H2,1-2H3/t19-,20+,24+,25-. The summed E-state index contributed by atoms with van der Waals surface area (Å²) in [6.07, 6.45) is -0.484. The van der Waals surface area contributed by atoms with Gasteiger partial charge in [0.25, 0.3) is 0 Å². The lowest BCUT2D eigenvalue weighted by molar-refractivity contribution is -0.164. The van der Waals surface area contributed by atoms with Crippen LogP contribution in [0.1, 0.15) is 25.0 Å². The van der Waals surface area contributed by atoms with Gasteiger partial charge in [-0.25, -0.2) is 14.1 Å². The normalized spacial score (nSPS) is 31.9. The van der Waals surface area contributed by atoms with Crippen molar-refractivity contribution < 1.29 is 28.2 Å². The molecule has 11 heteroatoms. The van der Waals surface area contributed by atoms with Crippen molar-refractivity contribution in [2.45, 2.75) is 31.7 Å². The third-order valence-electron chi connectivity index (χ3n) is 7.81. The lowest BCUT2D eigenvalue weighted by Crippen LogP contribution is -2.59. The van der Waals surface area contributed by atoms with Gasteiger partial charge in [-0.2, -0.15) is 5.26 Å². The summed E-state index contributed by atoms with van der Waals surface area (Å²) in [4.78, 5) is 44.9. The number of carbonyl (C=O) groups excluding carboxylic acids is 3. The lowest BCUT2D eigenvalue weighted by atomic mass is 9.79. The average Bonchev–Trinajstić information content (AvgIpc) is 3.24. The van der Waals surface area contributed by atoms with Crippen molar-refractivity contribution >= 4 is 23.6 Å². The number of anilines is 1. The van der Waals surface area contributed by atoms with Gasteiger partial charge in [-0.3, -0.25) is 14.5 Å². The van der Waals surface area contributed by atoms with Gasteiger partial charge in [0.2, 0.25) is 11.8 Å². The van der Waals surface area contributed by atoms with Gasteiger partial charge < -0.3 is 19.7 Å². The first kappa shape index (κ1) is 24.6. The molecule has 10 nitrogen and oxygen atoms in total. The second kappa shape index (κ2) is 9.10. The molecular weight excluding hydrogens is 469 g/mol. The highest BCUT2D eigenvalue weighted by atomic mass is 19.1. The van der Waals surface area contributed by atoms with Gasteiger partial charge >= 0.3 is 6.09 Å². The number of ether oxygens (including phenoxy) is 2. The topological polar surface area (TPSA) is 115 Å². The van der Waals surface area contributed by atoms with Gasteiger partial charge in [0, 0.05) is 38.3 Å². The number of benzene rings is 1. The Morgan fingerprint density at radius 3 is 2.42 bits per heavy atom. The zero-order valence-corrected chi connectivity index (χ0v) is 20.5. The lowest BCUT2D eigenvalue weighted by Gasteiger charge is -2.44. The van der Waals surface area contributed by atoms with Gasteiger partial charge in [-0.15, -0.1) is 0 Å². The van der Waals surface area contributed by atoms with E-state index in [1.54, 1.807) is 13.8 Å². The molecule has 5 rings (SSSR count). The zero-order chi connectivity index (χ0) is 25.7. The summed E-state index contributed by atoms with van der Waals surface area (Å²) in [5.74, 6) is -2.48. The number of nitrogens with zero attached hydrogens (tertiary/aromatic N) is 4. The van der Waals surface area contributed by atoms with E-state index in [2.05, 4.69) is 10.2 Å². The summed E-state index contributed by atoms with van der Waals surface area (Å²) in [6.45, 7) is 7.38. The first-order chi connectivity index (χ1) is 17.2. The first-order valence-corrected chi connectivity index (χ1v) is 12.2. The predicted octanol–water partition coefficient (Wildman–Crippen LogP) is 1.04. The maximum absolute atomic E-state index is 13.6.